The van der Waals surface area contributed by atoms with Crippen LogP contribution in [-0.4, -0.2) is 20.3 Å². The van der Waals surface area contributed by atoms with Crippen LogP contribution in [0.5, 0.6) is 11.5 Å². The van der Waals surface area contributed by atoms with Gasteiger partial charge in [-0.15, -0.1) is 11.3 Å². The van der Waals surface area contributed by atoms with Crippen LogP contribution in [0.1, 0.15) is 22.0 Å². The molecule has 3 rings (SSSR count). The first-order valence-electron chi connectivity index (χ1n) is 8.65. The fourth-order valence-corrected chi connectivity index (χ4v) is 3.59. The van der Waals surface area contributed by atoms with Crippen LogP contribution in [0.4, 0.5) is 9.18 Å². The Morgan fingerprint density at radius 3 is 2.46 bits per heavy atom. The molecule has 1 aromatic heterocycles. The number of nitrogens with one attached hydrogen (secondary N) is 2. The second-order valence-corrected chi connectivity index (χ2v) is 7.00. The molecule has 0 radical (unpaired) electrons. The fourth-order valence-electron chi connectivity index (χ4n) is 2.78. The molecule has 0 spiro atoms. The molecule has 0 bridgehead atoms. The fraction of sp³-hybridized carbons (Fsp3) is 0.190. The minimum absolute atomic E-state index is 0.313. The van der Waals surface area contributed by atoms with E-state index in [2.05, 4.69) is 10.6 Å². The van der Waals surface area contributed by atoms with E-state index < -0.39 is 0 Å². The molecule has 2 aromatic carbocycles. The molecule has 0 saturated heterocycles. The van der Waals surface area contributed by atoms with Crippen LogP contribution in [0.25, 0.3) is 0 Å². The molecule has 0 aliphatic rings. The Balaban J connectivity index is 1.68. The summed E-state index contributed by atoms with van der Waals surface area (Å²) in [5, 5.41) is 7.74. The lowest BCUT2D eigenvalue weighted by Gasteiger charge is -2.19. The Morgan fingerprint density at radius 2 is 1.82 bits per heavy atom. The van der Waals surface area contributed by atoms with E-state index >= 15 is 0 Å². The van der Waals surface area contributed by atoms with Crippen LogP contribution >= 0.6 is 11.3 Å². The zero-order valence-corrected chi connectivity index (χ0v) is 16.4. The number of hydrogen-bond acceptors (Lipinski definition) is 4. The predicted octanol–water partition coefficient (Wildman–Crippen LogP) is 4.49. The average molecular weight is 400 g/mol. The van der Waals surface area contributed by atoms with Gasteiger partial charge in [0, 0.05) is 11.4 Å². The lowest BCUT2D eigenvalue weighted by Crippen LogP contribution is -2.37. The van der Waals surface area contributed by atoms with E-state index in [1.54, 1.807) is 32.4 Å². The van der Waals surface area contributed by atoms with Gasteiger partial charge in [-0.2, -0.15) is 0 Å². The molecule has 0 aliphatic heterocycles. The van der Waals surface area contributed by atoms with Crippen molar-refractivity contribution in [3.05, 3.63) is 81.8 Å². The number of benzene rings is 2. The Labute approximate surface area is 167 Å². The average Bonchev–Trinajstić information content (AvgIpc) is 3.25. The number of thiophene rings is 1. The summed E-state index contributed by atoms with van der Waals surface area (Å²) in [4.78, 5) is 13.5. The van der Waals surface area contributed by atoms with Crippen LogP contribution in [0.2, 0.25) is 0 Å². The zero-order valence-electron chi connectivity index (χ0n) is 15.6. The lowest BCUT2D eigenvalue weighted by atomic mass is 10.1. The van der Waals surface area contributed by atoms with E-state index in [1.165, 1.54) is 23.5 Å². The third-order valence-corrected chi connectivity index (χ3v) is 5.14. The largest absolute Gasteiger partial charge is 0.493 e. The number of amides is 2. The number of hydrogen-bond donors (Lipinski definition) is 2. The van der Waals surface area contributed by atoms with Crippen LogP contribution in [0.15, 0.2) is 60.0 Å². The minimum atomic E-state index is -0.356. The lowest BCUT2D eigenvalue weighted by molar-refractivity contribution is 0.238. The molecular weight excluding hydrogens is 379 g/mol. The number of urea groups is 1. The van der Waals surface area contributed by atoms with Gasteiger partial charge in [-0.3, -0.25) is 0 Å². The molecule has 3 aromatic rings. The Morgan fingerprint density at radius 1 is 1.07 bits per heavy atom. The normalized spacial score (nSPS) is 11.5. The summed E-state index contributed by atoms with van der Waals surface area (Å²) in [6.07, 6.45) is 0. The Bertz CT molecular complexity index is 914. The summed E-state index contributed by atoms with van der Waals surface area (Å²) >= 11 is 1.53. The summed E-state index contributed by atoms with van der Waals surface area (Å²) < 4.78 is 23.8. The maximum absolute atomic E-state index is 13.3. The van der Waals surface area contributed by atoms with Gasteiger partial charge in [0.15, 0.2) is 11.5 Å². The van der Waals surface area contributed by atoms with Crippen LogP contribution in [0.3, 0.4) is 0 Å². The van der Waals surface area contributed by atoms with Crippen molar-refractivity contribution < 1.29 is 18.7 Å². The molecule has 2 N–H and O–H groups in total. The molecular formula is C21H21FN2O3S. The van der Waals surface area contributed by atoms with E-state index in [4.69, 9.17) is 9.47 Å². The summed E-state index contributed by atoms with van der Waals surface area (Å²) in [5.74, 6) is 0.918. The van der Waals surface area contributed by atoms with Gasteiger partial charge in [-0.1, -0.05) is 24.3 Å². The van der Waals surface area contributed by atoms with Crippen molar-refractivity contribution in [1.82, 2.24) is 10.6 Å². The first-order valence-corrected chi connectivity index (χ1v) is 9.53. The monoisotopic (exact) mass is 400 g/mol. The van der Waals surface area contributed by atoms with Crippen molar-refractivity contribution in [1.29, 1.82) is 0 Å². The van der Waals surface area contributed by atoms with Crippen molar-refractivity contribution in [2.45, 2.75) is 12.6 Å². The highest BCUT2D eigenvalue weighted by atomic mass is 32.1. The van der Waals surface area contributed by atoms with Gasteiger partial charge >= 0.3 is 6.03 Å². The molecule has 1 atom stereocenters. The van der Waals surface area contributed by atoms with Gasteiger partial charge in [0.25, 0.3) is 0 Å². The van der Waals surface area contributed by atoms with Crippen LogP contribution < -0.4 is 20.1 Å². The van der Waals surface area contributed by atoms with Crippen molar-refractivity contribution >= 4 is 17.4 Å². The van der Waals surface area contributed by atoms with Crippen molar-refractivity contribution in [3.8, 4) is 11.5 Å². The number of ether oxygens (including phenoxy) is 2. The van der Waals surface area contributed by atoms with Gasteiger partial charge in [0.05, 0.1) is 20.3 Å². The summed E-state index contributed by atoms with van der Waals surface area (Å²) in [5.41, 5.74) is 1.69. The quantitative estimate of drug-likeness (QED) is 0.614. The zero-order chi connectivity index (χ0) is 19.9. The van der Waals surface area contributed by atoms with Gasteiger partial charge < -0.3 is 20.1 Å². The third kappa shape index (κ3) is 4.80. The molecule has 28 heavy (non-hydrogen) atoms. The highest BCUT2D eigenvalue weighted by Gasteiger charge is 2.18. The number of carbonyl (C=O) groups excluding carboxylic acids is 1. The highest BCUT2D eigenvalue weighted by molar-refractivity contribution is 7.10. The molecule has 5 nitrogen and oxygen atoms in total. The summed E-state index contributed by atoms with van der Waals surface area (Å²) in [7, 11) is 3.14. The van der Waals surface area contributed by atoms with Gasteiger partial charge in [0.2, 0.25) is 0 Å². The molecule has 146 valence electrons. The molecule has 0 aliphatic carbocycles. The maximum Gasteiger partial charge on any atom is 0.315 e. The number of halogens is 1. The van der Waals surface area contributed by atoms with E-state index in [9.17, 15) is 9.18 Å². The Kier molecular flexibility index (Phi) is 6.49. The molecule has 0 fully saturated rings. The van der Waals surface area contributed by atoms with E-state index in [0.29, 0.717) is 18.0 Å². The second kappa shape index (κ2) is 9.23. The first kappa shape index (κ1) is 19.7. The second-order valence-electron chi connectivity index (χ2n) is 6.02. The maximum atomic E-state index is 13.3. The summed E-state index contributed by atoms with van der Waals surface area (Å²) in [6.45, 7) is 0.326. The Hall–Kier alpha value is -3.06. The van der Waals surface area contributed by atoms with E-state index in [-0.39, 0.29) is 17.9 Å². The van der Waals surface area contributed by atoms with Crippen LogP contribution in [0, 0.1) is 5.82 Å². The smallest absolute Gasteiger partial charge is 0.315 e. The van der Waals surface area contributed by atoms with E-state index in [0.717, 1.165) is 16.0 Å². The molecule has 1 heterocycles. The minimum Gasteiger partial charge on any atom is -0.493 e. The topological polar surface area (TPSA) is 59.6 Å². The van der Waals surface area contributed by atoms with E-state index in [1.807, 2.05) is 29.6 Å². The van der Waals surface area contributed by atoms with Gasteiger partial charge in [-0.25, -0.2) is 9.18 Å². The molecule has 1 unspecified atom stereocenters. The van der Waals surface area contributed by atoms with Crippen molar-refractivity contribution in [2.24, 2.45) is 0 Å². The van der Waals surface area contributed by atoms with Gasteiger partial charge in [-0.05, 0) is 46.8 Å². The molecule has 0 saturated carbocycles. The number of carbonyl (C=O) groups is 1. The predicted molar refractivity (Wildman–Crippen MR) is 107 cm³/mol. The first-order chi connectivity index (χ1) is 13.6. The molecule has 7 heteroatoms. The highest BCUT2D eigenvalue weighted by Crippen LogP contribution is 2.28. The van der Waals surface area contributed by atoms with Crippen molar-refractivity contribution in [2.75, 3.05) is 14.2 Å². The molecule has 2 amide bonds. The standard InChI is InChI=1S/C21H21FN2O3S/c1-26-17-10-5-14(12-18(17)27-2)13-23-21(25)24-20(19-4-3-11-28-19)15-6-8-16(22)9-7-15/h3-12,20H,13H2,1-2H3,(H2,23,24,25). The van der Waals surface area contributed by atoms with Crippen LogP contribution in [-0.2, 0) is 6.54 Å². The SMILES string of the molecule is COc1ccc(CNC(=O)NC(c2ccc(F)cc2)c2cccs2)cc1OC. The number of rotatable bonds is 7. The van der Waals surface area contributed by atoms with Gasteiger partial charge in [0.1, 0.15) is 5.82 Å². The number of methoxy groups -OCH3 is 2. The van der Waals surface area contributed by atoms with Crippen molar-refractivity contribution in [3.63, 3.8) is 0 Å². The summed E-state index contributed by atoms with van der Waals surface area (Å²) in [6, 6.07) is 14.8. The third-order valence-electron chi connectivity index (χ3n) is 4.21.